The van der Waals surface area contributed by atoms with E-state index in [1.807, 2.05) is 31.6 Å². The maximum Gasteiger partial charge on any atom is 0.126 e. The van der Waals surface area contributed by atoms with Crippen molar-refractivity contribution in [3.63, 3.8) is 0 Å². The summed E-state index contributed by atoms with van der Waals surface area (Å²) in [5, 5.41) is 7.59. The van der Waals surface area contributed by atoms with Gasteiger partial charge >= 0.3 is 0 Å². The Labute approximate surface area is 107 Å². The third-order valence-electron chi connectivity index (χ3n) is 2.98. The smallest absolute Gasteiger partial charge is 0.126 e. The largest absolute Gasteiger partial charge is 0.306 e. The van der Waals surface area contributed by atoms with Gasteiger partial charge in [-0.2, -0.15) is 5.10 Å². The summed E-state index contributed by atoms with van der Waals surface area (Å²) in [4.78, 5) is 0. The normalized spacial score (nSPS) is 12.7. The standard InChI is InChI=1S/C14H18FN3/c1-4-16-14(12-8-17-18(3)9-12)11-5-6-13(15)10(2)7-11/h5-9,14,16H,4H2,1-3H3. The zero-order chi connectivity index (χ0) is 13.1. The maximum absolute atomic E-state index is 13.3. The van der Waals surface area contributed by atoms with Gasteiger partial charge in [-0.15, -0.1) is 0 Å². The van der Waals surface area contributed by atoms with E-state index in [0.29, 0.717) is 5.56 Å². The second-order valence-electron chi connectivity index (χ2n) is 4.45. The van der Waals surface area contributed by atoms with Crippen molar-refractivity contribution in [3.05, 3.63) is 53.1 Å². The summed E-state index contributed by atoms with van der Waals surface area (Å²) in [7, 11) is 1.89. The molecule has 0 amide bonds. The van der Waals surface area contributed by atoms with Gasteiger partial charge in [0.1, 0.15) is 5.82 Å². The van der Waals surface area contributed by atoms with Crippen molar-refractivity contribution in [1.82, 2.24) is 15.1 Å². The number of aromatic nitrogens is 2. The summed E-state index contributed by atoms with van der Waals surface area (Å²) < 4.78 is 15.1. The summed E-state index contributed by atoms with van der Waals surface area (Å²) in [6, 6.07) is 5.28. The summed E-state index contributed by atoms with van der Waals surface area (Å²) in [6.45, 7) is 4.68. The molecule has 2 rings (SSSR count). The summed E-state index contributed by atoms with van der Waals surface area (Å²) >= 11 is 0. The molecular weight excluding hydrogens is 229 g/mol. The predicted octanol–water partition coefficient (Wildman–Crippen LogP) is 2.57. The Balaban J connectivity index is 2.37. The van der Waals surface area contributed by atoms with Gasteiger partial charge in [-0.3, -0.25) is 4.68 Å². The van der Waals surface area contributed by atoms with Crippen LogP contribution in [0.2, 0.25) is 0 Å². The van der Waals surface area contributed by atoms with Crippen molar-refractivity contribution < 1.29 is 4.39 Å². The van der Waals surface area contributed by atoms with E-state index < -0.39 is 0 Å². The van der Waals surface area contributed by atoms with Gasteiger partial charge in [0.2, 0.25) is 0 Å². The minimum absolute atomic E-state index is 0.0583. The summed E-state index contributed by atoms with van der Waals surface area (Å²) in [5.74, 6) is -0.166. The first kappa shape index (κ1) is 12.8. The second kappa shape index (κ2) is 5.31. The molecule has 1 N–H and O–H groups in total. The highest BCUT2D eigenvalue weighted by Crippen LogP contribution is 2.23. The average molecular weight is 247 g/mol. The van der Waals surface area contributed by atoms with E-state index in [2.05, 4.69) is 17.3 Å². The van der Waals surface area contributed by atoms with Crippen LogP contribution in [0.1, 0.15) is 29.7 Å². The van der Waals surface area contributed by atoms with Crippen LogP contribution in [-0.4, -0.2) is 16.3 Å². The van der Waals surface area contributed by atoms with E-state index in [-0.39, 0.29) is 11.9 Å². The molecule has 4 heteroatoms. The molecular formula is C14H18FN3. The van der Waals surface area contributed by atoms with Crippen LogP contribution in [0.5, 0.6) is 0 Å². The molecule has 0 aliphatic rings. The van der Waals surface area contributed by atoms with E-state index >= 15 is 0 Å². The molecule has 3 nitrogen and oxygen atoms in total. The lowest BCUT2D eigenvalue weighted by Crippen LogP contribution is -2.21. The molecule has 0 bridgehead atoms. The molecule has 0 saturated carbocycles. The topological polar surface area (TPSA) is 29.9 Å². The highest BCUT2D eigenvalue weighted by Gasteiger charge is 2.15. The number of rotatable bonds is 4. The van der Waals surface area contributed by atoms with Gasteiger partial charge in [0.25, 0.3) is 0 Å². The molecule has 1 aromatic carbocycles. The Hall–Kier alpha value is -1.68. The first-order valence-corrected chi connectivity index (χ1v) is 6.09. The van der Waals surface area contributed by atoms with E-state index in [1.165, 1.54) is 6.07 Å². The van der Waals surface area contributed by atoms with Gasteiger partial charge in [0, 0.05) is 18.8 Å². The molecule has 96 valence electrons. The fraction of sp³-hybridized carbons (Fsp3) is 0.357. The quantitative estimate of drug-likeness (QED) is 0.900. The van der Waals surface area contributed by atoms with Crippen LogP contribution < -0.4 is 5.32 Å². The Morgan fingerprint density at radius 1 is 1.39 bits per heavy atom. The highest BCUT2D eigenvalue weighted by molar-refractivity contribution is 5.32. The molecule has 0 fully saturated rings. The van der Waals surface area contributed by atoms with Crippen molar-refractivity contribution in [3.8, 4) is 0 Å². The van der Waals surface area contributed by atoms with Gasteiger partial charge in [-0.25, -0.2) is 4.39 Å². The number of nitrogens with one attached hydrogen (secondary N) is 1. The molecule has 1 atom stereocenters. The monoisotopic (exact) mass is 247 g/mol. The van der Waals surface area contributed by atoms with Crippen molar-refractivity contribution in [1.29, 1.82) is 0 Å². The lowest BCUT2D eigenvalue weighted by atomic mass is 9.99. The molecule has 1 unspecified atom stereocenters. The molecule has 0 aliphatic heterocycles. The van der Waals surface area contributed by atoms with Crippen LogP contribution in [0.15, 0.2) is 30.6 Å². The summed E-state index contributed by atoms with van der Waals surface area (Å²) in [6.07, 6.45) is 3.82. The maximum atomic E-state index is 13.3. The molecule has 1 heterocycles. The first-order chi connectivity index (χ1) is 8.61. The van der Waals surface area contributed by atoms with Crippen molar-refractivity contribution in [2.45, 2.75) is 19.9 Å². The fourth-order valence-electron chi connectivity index (χ4n) is 2.07. The Morgan fingerprint density at radius 3 is 2.72 bits per heavy atom. The molecule has 0 aliphatic carbocycles. The zero-order valence-corrected chi connectivity index (χ0v) is 10.9. The van der Waals surface area contributed by atoms with Crippen LogP contribution in [0.3, 0.4) is 0 Å². The number of halogens is 1. The van der Waals surface area contributed by atoms with E-state index in [0.717, 1.165) is 17.7 Å². The number of hydrogen-bond donors (Lipinski definition) is 1. The van der Waals surface area contributed by atoms with Crippen LogP contribution in [0.25, 0.3) is 0 Å². The van der Waals surface area contributed by atoms with Gasteiger partial charge < -0.3 is 5.32 Å². The SMILES string of the molecule is CCNC(c1ccc(F)c(C)c1)c1cnn(C)c1. The number of hydrogen-bond acceptors (Lipinski definition) is 2. The van der Waals surface area contributed by atoms with Crippen LogP contribution >= 0.6 is 0 Å². The minimum Gasteiger partial charge on any atom is -0.306 e. The van der Waals surface area contributed by atoms with Crippen LogP contribution in [0.4, 0.5) is 4.39 Å². The van der Waals surface area contributed by atoms with E-state index in [9.17, 15) is 4.39 Å². The minimum atomic E-state index is -0.166. The molecule has 1 aromatic heterocycles. The molecule has 0 saturated heterocycles. The highest BCUT2D eigenvalue weighted by atomic mass is 19.1. The van der Waals surface area contributed by atoms with Crippen LogP contribution in [-0.2, 0) is 7.05 Å². The third kappa shape index (κ3) is 2.59. The second-order valence-corrected chi connectivity index (χ2v) is 4.45. The fourth-order valence-corrected chi connectivity index (χ4v) is 2.07. The van der Waals surface area contributed by atoms with E-state index in [1.54, 1.807) is 11.6 Å². The average Bonchev–Trinajstić information content (AvgIpc) is 2.76. The summed E-state index contributed by atoms with van der Waals surface area (Å²) in [5.41, 5.74) is 2.81. The number of benzene rings is 1. The van der Waals surface area contributed by atoms with E-state index in [4.69, 9.17) is 0 Å². The number of nitrogens with zero attached hydrogens (tertiary/aromatic N) is 2. The van der Waals surface area contributed by atoms with Gasteiger partial charge in [0.05, 0.1) is 12.2 Å². The molecule has 2 aromatic rings. The Bertz CT molecular complexity index is 534. The predicted molar refractivity (Wildman–Crippen MR) is 69.9 cm³/mol. The van der Waals surface area contributed by atoms with Gasteiger partial charge in [-0.1, -0.05) is 19.1 Å². The zero-order valence-electron chi connectivity index (χ0n) is 10.9. The molecule has 18 heavy (non-hydrogen) atoms. The first-order valence-electron chi connectivity index (χ1n) is 6.09. The molecule has 0 radical (unpaired) electrons. The van der Waals surface area contributed by atoms with Crippen molar-refractivity contribution in [2.24, 2.45) is 7.05 Å². The third-order valence-corrected chi connectivity index (χ3v) is 2.98. The van der Waals surface area contributed by atoms with Gasteiger partial charge in [-0.05, 0) is 30.7 Å². The lowest BCUT2D eigenvalue weighted by molar-refractivity contribution is 0.606. The molecule has 0 spiro atoms. The van der Waals surface area contributed by atoms with Crippen LogP contribution in [0, 0.1) is 12.7 Å². The van der Waals surface area contributed by atoms with Crippen molar-refractivity contribution >= 4 is 0 Å². The van der Waals surface area contributed by atoms with Crippen molar-refractivity contribution in [2.75, 3.05) is 6.54 Å². The Kier molecular flexibility index (Phi) is 3.77. The number of aryl methyl sites for hydroxylation is 2. The Morgan fingerprint density at radius 2 is 2.17 bits per heavy atom. The van der Waals surface area contributed by atoms with Gasteiger partial charge in [0.15, 0.2) is 0 Å². The lowest BCUT2D eigenvalue weighted by Gasteiger charge is -2.17.